The van der Waals surface area contributed by atoms with E-state index >= 15 is 0 Å². The van der Waals surface area contributed by atoms with Crippen molar-refractivity contribution in [2.75, 3.05) is 18.4 Å². The van der Waals surface area contributed by atoms with E-state index in [1.807, 2.05) is 0 Å². The van der Waals surface area contributed by atoms with E-state index in [4.69, 9.17) is 11.6 Å². The fourth-order valence-corrected chi connectivity index (χ4v) is 3.09. The van der Waals surface area contributed by atoms with Crippen molar-refractivity contribution in [3.05, 3.63) is 28.3 Å². The minimum atomic E-state index is 0.600. The van der Waals surface area contributed by atoms with Gasteiger partial charge in [-0.05, 0) is 50.0 Å². The van der Waals surface area contributed by atoms with Gasteiger partial charge < -0.3 is 10.6 Å². The maximum Gasteiger partial charge on any atom is 0.0455 e. The zero-order chi connectivity index (χ0) is 11.1. The van der Waals surface area contributed by atoms with Gasteiger partial charge in [-0.2, -0.15) is 0 Å². The number of hydrogen-bond acceptors (Lipinski definition) is 2. The van der Waals surface area contributed by atoms with Crippen LogP contribution in [0.1, 0.15) is 29.9 Å². The summed E-state index contributed by atoms with van der Waals surface area (Å²) in [5, 5.41) is 7.96. The molecule has 2 aliphatic heterocycles. The van der Waals surface area contributed by atoms with Crippen molar-refractivity contribution in [1.82, 2.24) is 5.32 Å². The molecule has 1 aromatic rings. The van der Waals surface area contributed by atoms with Crippen molar-refractivity contribution < 1.29 is 0 Å². The van der Waals surface area contributed by atoms with Crippen molar-refractivity contribution in [2.24, 2.45) is 0 Å². The van der Waals surface area contributed by atoms with Crippen molar-refractivity contribution in [2.45, 2.75) is 31.7 Å². The molecule has 3 heteroatoms. The molecule has 16 heavy (non-hydrogen) atoms. The first-order valence-electron chi connectivity index (χ1n) is 6.03. The molecule has 0 aliphatic carbocycles. The van der Waals surface area contributed by atoms with Crippen molar-refractivity contribution in [3.63, 3.8) is 0 Å². The molecule has 2 N–H and O–H groups in total. The summed E-state index contributed by atoms with van der Waals surface area (Å²) in [4.78, 5) is 0. The summed E-state index contributed by atoms with van der Waals surface area (Å²) in [6.45, 7) is 4.34. The van der Waals surface area contributed by atoms with Crippen LogP contribution in [0.25, 0.3) is 0 Å². The molecule has 0 saturated carbocycles. The summed E-state index contributed by atoms with van der Waals surface area (Å²) < 4.78 is 0. The van der Waals surface area contributed by atoms with Crippen LogP contribution in [0.5, 0.6) is 0 Å². The average molecular weight is 237 g/mol. The maximum atomic E-state index is 6.17. The van der Waals surface area contributed by atoms with Crippen LogP contribution in [-0.4, -0.2) is 19.1 Å². The maximum absolute atomic E-state index is 6.17. The summed E-state index contributed by atoms with van der Waals surface area (Å²) in [5.41, 5.74) is 3.92. The Morgan fingerprint density at radius 1 is 1.25 bits per heavy atom. The third-order valence-electron chi connectivity index (χ3n) is 3.82. The van der Waals surface area contributed by atoms with E-state index in [0.29, 0.717) is 12.0 Å². The molecular weight excluding hydrogens is 220 g/mol. The second kappa shape index (κ2) is 3.94. The fraction of sp³-hybridized carbons (Fsp3) is 0.538. The number of benzene rings is 1. The van der Waals surface area contributed by atoms with Gasteiger partial charge in [-0.15, -0.1) is 0 Å². The number of rotatable bonds is 0. The zero-order valence-corrected chi connectivity index (χ0v) is 10.3. The molecule has 1 unspecified atom stereocenters. The first-order valence-corrected chi connectivity index (χ1v) is 6.41. The molecule has 0 amide bonds. The number of hydrogen-bond donors (Lipinski definition) is 2. The summed E-state index contributed by atoms with van der Waals surface area (Å²) in [7, 11) is 0. The van der Waals surface area contributed by atoms with Gasteiger partial charge in [0.2, 0.25) is 0 Å². The molecule has 0 aromatic heterocycles. The van der Waals surface area contributed by atoms with E-state index in [0.717, 1.165) is 18.1 Å². The Morgan fingerprint density at radius 2 is 2.06 bits per heavy atom. The van der Waals surface area contributed by atoms with Crippen LogP contribution < -0.4 is 10.6 Å². The quantitative estimate of drug-likeness (QED) is 0.724. The van der Waals surface area contributed by atoms with Crippen LogP contribution in [0, 0.1) is 6.92 Å². The first-order chi connectivity index (χ1) is 7.75. The Labute approximate surface area is 101 Å². The Bertz CT molecular complexity index is 417. The smallest absolute Gasteiger partial charge is 0.0455 e. The van der Waals surface area contributed by atoms with Gasteiger partial charge in [0, 0.05) is 22.7 Å². The summed E-state index contributed by atoms with van der Waals surface area (Å²) >= 11 is 6.17. The third-order valence-corrected chi connectivity index (χ3v) is 4.23. The van der Waals surface area contributed by atoms with Gasteiger partial charge in [0.1, 0.15) is 0 Å². The average Bonchev–Trinajstić information content (AvgIpc) is 2.47. The second-order valence-electron chi connectivity index (χ2n) is 4.87. The molecule has 1 fully saturated rings. The number of aryl methyl sites for hydroxylation is 1. The highest BCUT2D eigenvalue weighted by Crippen LogP contribution is 2.42. The first kappa shape index (κ1) is 10.4. The van der Waals surface area contributed by atoms with Gasteiger partial charge in [0.05, 0.1) is 0 Å². The molecule has 0 spiro atoms. The minimum Gasteiger partial charge on any atom is -0.381 e. The van der Waals surface area contributed by atoms with Crippen LogP contribution in [0.4, 0.5) is 5.69 Å². The molecule has 86 valence electrons. The van der Waals surface area contributed by atoms with Gasteiger partial charge in [0.25, 0.3) is 0 Å². The Kier molecular flexibility index (Phi) is 2.56. The van der Waals surface area contributed by atoms with Crippen molar-refractivity contribution in [1.29, 1.82) is 0 Å². The standard InChI is InChI=1S/C13H17ClN2/c1-8-6-10-9-2-4-15-5-3-12(9)16-13(10)7-11(8)14/h6-7,9,12,15-16H,2-5H2,1H3/t9?,12-/m0/s1. The predicted molar refractivity (Wildman–Crippen MR) is 68.4 cm³/mol. The molecule has 2 heterocycles. The van der Waals surface area contributed by atoms with Crippen molar-refractivity contribution >= 4 is 17.3 Å². The van der Waals surface area contributed by atoms with Crippen LogP contribution in [-0.2, 0) is 0 Å². The van der Waals surface area contributed by atoms with Crippen molar-refractivity contribution in [3.8, 4) is 0 Å². The van der Waals surface area contributed by atoms with Crippen LogP contribution in [0.15, 0.2) is 12.1 Å². The molecule has 3 rings (SSSR count). The predicted octanol–water partition coefficient (Wildman–Crippen LogP) is 2.91. The van der Waals surface area contributed by atoms with E-state index in [9.17, 15) is 0 Å². The minimum absolute atomic E-state index is 0.600. The lowest BCUT2D eigenvalue weighted by Crippen LogP contribution is -2.21. The molecule has 0 bridgehead atoms. The molecular formula is C13H17ClN2. The normalized spacial score (nSPS) is 27.9. The second-order valence-corrected chi connectivity index (χ2v) is 5.28. The van der Waals surface area contributed by atoms with Crippen LogP contribution in [0.2, 0.25) is 5.02 Å². The summed E-state index contributed by atoms with van der Waals surface area (Å²) in [6.07, 6.45) is 2.43. The van der Waals surface area contributed by atoms with Crippen LogP contribution >= 0.6 is 11.6 Å². The lowest BCUT2D eigenvalue weighted by atomic mass is 9.90. The number of fused-ring (bicyclic) bond motifs is 3. The Balaban J connectivity index is 2.00. The summed E-state index contributed by atoms with van der Waals surface area (Å²) in [5.74, 6) is 0.668. The summed E-state index contributed by atoms with van der Waals surface area (Å²) in [6, 6.07) is 4.96. The molecule has 2 aliphatic rings. The van der Waals surface area contributed by atoms with E-state index in [-0.39, 0.29) is 0 Å². The molecule has 2 nitrogen and oxygen atoms in total. The SMILES string of the molecule is Cc1cc2c(cc1Cl)N[C@H]1CCNCCC21. The molecule has 1 aromatic carbocycles. The highest BCUT2D eigenvalue weighted by molar-refractivity contribution is 6.31. The third kappa shape index (κ3) is 1.61. The van der Waals surface area contributed by atoms with Gasteiger partial charge in [-0.3, -0.25) is 0 Å². The van der Waals surface area contributed by atoms with Gasteiger partial charge in [-0.1, -0.05) is 17.7 Å². The topological polar surface area (TPSA) is 24.1 Å². The monoisotopic (exact) mass is 236 g/mol. The lowest BCUT2D eigenvalue weighted by molar-refractivity contribution is 0.578. The van der Waals surface area contributed by atoms with Crippen LogP contribution in [0.3, 0.4) is 0 Å². The van der Waals surface area contributed by atoms with E-state index < -0.39 is 0 Å². The molecule has 0 radical (unpaired) electrons. The lowest BCUT2D eigenvalue weighted by Gasteiger charge is -2.15. The highest BCUT2D eigenvalue weighted by atomic mass is 35.5. The van der Waals surface area contributed by atoms with E-state index in [2.05, 4.69) is 29.7 Å². The van der Waals surface area contributed by atoms with Gasteiger partial charge in [0.15, 0.2) is 0 Å². The van der Waals surface area contributed by atoms with Gasteiger partial charge in [-0.25, -0.2) is 0 Å². The number of halogens is 1. The number of anilines is 1. The van der Waals surface area contributed by atoms with E-state index in [1.165, 1.54) is 29.7 Å². The molecule has 2 atom stereocenters. The Hall–Kier alpha value is -0.730. The fourth-order valence-electron chi connectivity index (χ4n) is 2.92. The zero-order valence-electron chi connectivity index (χ0n) is 9.52. The Morgan fingerprint density at radius 3 is 2.94 bits per heavy atom. The molecule has 1 saturated heterocycles. The number of nitrogens with one attached hydrogen (secondary N) is 2. The van der Waals surface area contributed by atoms with Gasteiger partial charge >= 0.3 is 0 Å². The highest BCUT2D eigenvalue weighted by Gasteiger charge is 2.33. The van der Waals surface area contributed by atoms with E-state index in [1.54, 1.807) is 0 Å². The largest absolute Gasteiger partial charge is 0.381 e.